The van der Waals surface area contributed by atoms with Crippen LogP contribution >= 0.6 is 0 Å². The molecule has 0 radical (unpaired) electrons. The third kappa shape index (κ3) is 5.16. The monoisotopic (exact) mass is 271 g/mol. The lowest BCUT2D eigenvalue weighted by Gasteiger charge is -2.28. The first kappa shape index (κ1) is 15.9. The van der Waals surface area contributed by atoms with Gasteiger partial charge in [0.05, 0.1) is 19.3 Å². The number of ether oxygens (including phenoxy) is 1. The number of nitrogens with zero attached hydrogens (tertiary/aromatic N) is 1. The van der Waals surface area contributed by atoms with Gasteiger partial charge in [-0.2, -0.15) is 0 Å². The van der Waals surface area contributed by atoms with Crippen LogP contribution in [0.3, 0.4) is 0 Å². The number of carbonyl (C=O) groups is 2. The normalized spacial score (nSPS) is 18.0. The average molecular weight is 271 g/mol. The quantitative estimate of drug-likeness (QED) is 0.737. The van der Waals surface area contributed by atoms with Crippen LogP contribution in [0, 0.1) is 5.41 Å². The third-order valence-electron chi connectivity index (χ3n) is 3.22. The Morgan fingerprint density at radius 2 is 1.89 bits per heavy atom. The molecule has 1 fully saturated rings. The molecular weight excluding hydrogens is 246 g/mol. The topological polar surface area (TPSA) is 84.7 Å². The van der Waals surface area contributed by atoms with E-state index in [-0.39, 0.29) is 17.2 Å². The summed E-state index contributed by atoms with van der Waals surface area (Å²) in [5.41, 5.74) is 5.55. The molecule has 6 heteroatoms. The van der Waals surface area contributed by atoms with Gasteiger partial charge in [-0.05, 0) is 5.41 Å². The lowest BCUT2D eigenvalue weighted by atomic mass is 9.87. The van der Waals surface area contributed by atoms with Crippen LogP contribution in [-0.4, -0.2) is 55.6 Å². The van der Waals surface area contributed by atoms with Crippen LogP contribution in [0.1, 0.15) is 27.2 Å². The van der Waals surface area contributed by atoms with E-state index in [0.29, 0.717) is 39.3 Å². The van der Waals surface area contributed by atoms with Gasteiger partial charge in [-0.25, -0.2) is 0 Å². The first-order chi connectivity index (χ1) is 8.82. The summed E-state index contributed by atoms with van der Waals surface area (Å²) in [7, 11) is 0. The maximum atomic E-state index is 11.8. The largest absolute Gasteiger partial charge is 0.378 e. The summed E-state index contributed by atoms with van der Waals surface area (Å²) >= 11 is 0. The fraction of sp³-hybridized carbons (Fsp3) is 0.846. The van der Waals surface area contributed by atoms with Gasteiger partial charge in [-0.3, -0.25) is 9.59 Å². The molecule has 1 saturated heterocycles. The highest BCUT2D eigenvalue weighted by atomic mass is 16.5. The molecule has 19 heavy (non-hydrogen) atoms. The Labute approximate surface area is 114 Å². The molecule has 1 atom stereocenters. The molecule has 1 unspecified atom stereocenters. The lowest BCUT2D eigenvalue weighted by molar-refractivity contribution is -0.135. The molecule has 1 aliphatic heterocycles. The SMILES string of the molecule is CC(C)(C)C(N)C(=O)NCCC(=O)N1CCOCC1. The third-order valence-corrected chi connectivity index (χ3v) is 3.22. The predicted octanol–water partition coefficient (Wildman–Crippen LogP) is -0.275. The summed E-state index contributed by atoms with van der Waals surface area (Å²) in [4.78, 5) is 25.4. The smallest absolute Gasteiger partial charge is 0.237 e. The number of nitrogens with one attached hydrogen (secondary N) is 1. The van der Waals surface area contributed by atoms with Crippen molar-refractivity contribution >= 4 is 11.8 Å². The van der Waals surface area contributed by atoms with Gasteiger partial charge in [0, 0.05) is 26.1 Å². The molecule has 0 saturated carbocycles. The minimum Gasteiger partial charge on any atom is -0.378 e. The molecule has 6 nitrogen and oxygen atoms in total. The van der Waals surface area contributed by atoms with Crippen LogP contribution in [0.15, 0.2) is 0 Å². The van der Waals surface area contributed by atoms with Crippen molar-refractivity contribution in [3.63, 3.8) is 0 Å². The van der Waals surface area contributed by atoms with Gasteiger partial charge < -0.3 is 20.7 Å². The molecule has 0 aliphatic carbocycles. The Balaban J connectivity index is 2.26. The van der Waals surface area contributed by atoms with Gasteiger partial charge in [0.15, 0.2) is 0 Å². The summed E-state index contributed by atoms with van der Waals surface area (Å²) in [6.07, 6.45) is 0.308. The first-order valence-corrected chi connectivity index (χ1v) is 6.71. The van der Waals surface area contributed by atoms with Crippen molar-refractivity contribution in [2.75, 3.05) is 32.8 Å². The molecule has 0 aromatic rings. The average Bonchev–Trinajstić information content (AvgIpc) is 2.37. The number of hydrogen-bond acceptors (Lipinski definition) is 4. The Morgan fingerprint density at radius 1 is 1.32 bits per heavy atom. The summed E-state index contributed by atoms with van der Waals surface area (Å²) < 4.78 is 5.18. The second-order valence-electron chi connectivity index (χ2n) is 5.88. The van der Waals surface area contributed by atoms with E-state index in [4.69, 9.17) is 10.5 Å². The van der Waals surface area contributed by atoms with E-state index in [1.54, 1.807) is 4.90 Å². The van der Waals surface area contributed by atoms with Crippen molar-refractivity contribution in [3.05, 3.63) is 0 Å². The van der Waals surface area contributed by atoms with Crippen molar-refractivity contribution in [3.8, 4) is 0 Å². The molecule has 110 valence electrons. The van der Waals surface area contributed by atoms with E-state index in [0.717, 1.165) is 0 Å². The van der Waals surface area contributed by atoms with Gasteiger partial charge in [0.25, 0.3) is 0 Å². The number of amides is 2. The molecule has 1 heterocycles. The highest BCUT2D eigenvalue weighted by Gasteiger charge is 2.27. The van der Waals surface area contributed by atoms with Gasteiger partial charge in [-0.1, -0.05) is 20.8 Å². The summed E-state index contributed by atoms with van der Waals surface area (Å²) in [6.45, 7) is 8.52. The van der Waals surface area contributed by atoms with E-state index in [2.05, 4.69) is 5.32 Å². The van der Waals surface area contributed by atoms with Crippen LogP contribution in [0.2, 0.25) is 0 Å². The molecule has 3 N–H and O–H groups in total. The predicted molar refractivity (Wildman–Crippen MR) is 72.5 cm³/mol. The maximum Gasteiger partial charge on any atom is 0.237 e. The van der Waals surface area contributed by atoms with Crippen LogP contribution in [0.4, 0.5) is 0 Å². The van der Waals surface area contributed by atoms with Crippen LogP contribution in [-0.2, 0) is 14.3 Å². The van der Waals surface area contributed by atoms with Gasteiger partial charge in [0.2, 0.25) is 11.8 Å². The van der Waals surface area contributed by atoms with Crippen LogP contribution < -0.4 is 11.1 Å². The van der Waals surface area contributed by atoms with Crippen molar-refractivity contribution < 1.29 is 14.3 Å². The zero-order valence-corrected chi connectivity index (χ0v) is 12.1. The van der Waals surface area contributed by atoms with Gasteiger partial charge >= 0.3 is 0 Å². The number of hydrogen-bond donors (Lipinski definition) is 2. The van der Waals surface area contributed by atoms with Crippen molar-refractivity contribution in [2.24, 2.45) is 11.1 Å². The van der Waals surface area contributed by atoms with E-state index < -0.39 is 6.04 Å². The van der Waals surface area contributed by atoms with E-state index in [9.17, 15) is 9.59 Å². The fourth-order valence-electron chi connectivity index (χ4n) is 1.77. The van der Waals surface area contributed by atoms with Gasteiger partial charge in [-0.15, -0.1) is 0 Å². The van der Waals surface area contributed by atoms with Crippen molar-refractivity contribution in [1.29, 1.82) is 0 Å². The zero-order chi connectivity index (χ0) is 14.5. The van der Waals surface area contributed by atoms with Crippen LogP contribution in [0.25, 0.3) is 0 Å². The second kappa shape index (κ2) is 6.86. The zero-order valence-electron chi connectivity index (χ0n) is 12.1. The summed E-state index contributed by atoms with van der Waals surface area (Å²) in [5.74, 6) is -0.157. The van der Waals surface area contributed by atoms with E-state index >= 15 is 0 Å². The molecule has 0 spiro atoms. The van der Waals surface area contributed by atoms with Crippen molar-refractivity contribution in [2.45, 2.75) is 33.2 Å². The Bertz CT molecular complexity index is 320. The number of rotatable bonds is 4. The molecule has 2 amide bonds. The molecule has 1 aliphatic rings. The number of morpholine rings is 1. The fourth-order valence-corrected chi connectivity index (χ4v) is 1.77. The Hall–Kier alpha value is -1.14. The summed E-state index contributed by atoms with van der Waals surface area (Å²) in [5, 5.41) is 2.72. The van der Waals surface area contributed by atoms with E-state index in [1.807, 2.05) is 20.8 Å². The highest BCUT2D eigenvalue weighted by Crippen LogP contribution is 2.17. The molecule has 1 rings (SSSR count). The number of carbonyl (C=O) groups excluding carboxylic acids is 2. The Kier molecular flexibility index (Phi) is 5.75. The molecule has 0 aromatic carbocycles. The first-order valence-electron chi connectivity index (χ1n) is 6.71. The highest BCUT2D eigenvalue weighted by molar-refractivity contribution is 5.83. The number of nitrogens with two attached hydrogens (primary N) is 1. The van der Waals surface area contributed by atoms with E-state index in [1.165, 1.54) is 0 Å². The molecule has 0 bridgehead atoms. The van der Waals surface area contributed by atoms with Crippen molar-refractivity contribution in [1.82, 2.24) is 10.2 Å². The minimum absolute atomic E-state index is 0.0490. The minimum atomic E-state index is -0.564. The second-order valence-corrected chi connectivity index (χ2v) is 5.88. The molecular formula is C13H25N3O3. The standard InChI is InChI=1S/C13H25N3O3/c1-13(2,3)11(14)12(18)15-5-4-10(17)16-6-8-19-9-7-16/h11H,4-9,14H2,1-3H3,(H,15,18). The maximum absolute atomic E-state index is 11.8. The Morgan fingerprint density at radius 3 is 2.42 bits per heavy atom. The molecule has 0 aromatic heterocycles. The van der Waals surface area contributed by atoms with Gasteiger partial charge in [0.1, 0.15) is 0 Å². The summed E-state index contributed by atoms with van der Waals surface area (Å²) in [6, 6.07) is -0.564. The van der Waals surface area contributed by atoms with Crippen LogP contribution in [0.5, 0.6) is 0 Å². The lowest BCUT2D eigenvalue weighted by Crippen LogP contribution is -2.49.